The summed E-state index contributed by atoms with van der Waals surface area (Å²) >= 11 is 9.25. The molecule has 0 aromatic carbocycles. The van der Waals surface area contributed by atoms with Crippen molar-refractivity contribution in [3.05, 3.63) is 21.9 Å². The van der Waals surface area contributed by atoms with Gasteiger partial charge in [-0.25, -0.2) is 13.4 Å². The molecule has 0 N–H and O–H groups in total. The first kappa shape index (κ1) is 14.8. The van der Waals surface area contributed by atoms with Crippen molar-refractivity contribution >= 4 is 37.6 Å². The normalized spacial score (nSPS) is 19.6. The van der Waals surface area contributed by atoms with Gasteiger partial charge in [0.1, 0.15) is 10.0 Å². The molecule has 0 spiro atoms. The van der Waals surface area contributed by atoms with Crippen LogP contribution in [0.4, 0.5) is 0 Å². The lowest BCUT2D eigenvalue weighted by atomic mass is 10.4. The fourth-order valence-electron chi connectivity index (χ4n) is 2.17. The first-order chi connectivity index (χ1) is 9.46. The van der Waals surface area contributed by atoms with Crippen LogP contribution in [0.3, 0.4) is 0 Å². The Hall–Kier alpha value is -0.170. The zero-order valence-electron chi connectivity index (χ0n) is 10.9. The molecule has 2 aliphatic rings. The summed E-state index contributed by atoms with van der Waals surface area (Å²) < 4.78 is 27.9. The van der Waals surface area contributed by atoms with E-state index in [0.717, 1.165) is 25.7 Å². The number of hydrogen-bond donors (Lipinski definition) is 0. The Bertz CT molecular complexity index is 601. The van der Waals surface area contributed by atoms with E-state index in [1.807, 2.05) is 0 Å². The molecule has 20 heavy (non-hydrogen) atoms. The van der Waals surface area contributed by atoms with E-state index >= 15 is 0 Å². The fourth-order valence-corrected chi connectivity index (χ4v) is 4.68. The van der Waals surface area contributed by atoms with Crippen molar-refractivity contribution in [2.75, 3.05) is 13.1 Å². The van der Waals surface area contributed by atoms with Crippen LogP contribution in [0.5, 0.6) is 0 Å². The van der Waals surface area contributed by atoms with Crippen LogP contribution in [0, 0.1) is 11.8 Å². The SMILES string of the molecule is O=S(=O)(c1cc(Br)cnc1Cl)N(CC1CC1)CC1CC1. The maximum atomic E-state index is 12.8. The standard InChI is InChI=1S/C13H16BrClN2O2S/c14-11-5-12(13(15)16-6-11)20(18,19)17(7-9-1-2-9)8-10-3-4-10/h5-6,9-10H,1-4,7-8H2. The lowest BCUT2D eigenvalue weighted by Gasteiger charge is -2.22. The molecule has 110 valence electrons. The molecule has 2 fully saturated rings. The number of rotatable bonds is 6. The van der Waals surface area contributed by atoms with Gasteiger partial charge in [0.05, 0.1) is 0 Å². The Balaban J connectivity index is 1.91. The van der Waals surface area contributed by atoms with Crippen LogP contribution in [0.25, 0.3) is 0 Å². The summed E-state index contributed by atoms with van der Waals surface area (Å²) in [6.07, 6.45) is 6.01. The molecule has 0 radical (unpaired) electrons. The molecule has 1 aromatic rings. The number of nitrogens with zero attached hydrogens (tertiary/aromatic N) is 2. The van der Waals surface area contributed by atoms with E-state index in [-0.39, 0.29) is 10.0 Å². The zero-order chi connectivity index (χ0) is 14.3. The van der Waals surface area contributed by atoms with Crippen molar-refractivity contribution in [1.29, 1.82) is 0 Å². The summed E-state index contributed by atoms with van der Waals surface area (Å²) in [5, 5.41) is 0.0461. The van der Waals surface area contributed by atoms with Crippen LogP contribution in [0.15, 0.2) is 21.6 Å². The topological polar surface area (TPSA) is 50.3 Å². The lowest BCUT2D eigenvalue weighted by Crippen LogP contribution is -2.35. The van der Waals surface area contributed by atoms with Crippen molar-refractivity contribution < 1.29 is 8.42 Å². The first-order valence-electron chi connectivity index (χ1n) is 6.78. The van der Waals surface area contributed by atoms with E-state index in [4.69, 9.17) is 11.6 Å². The van der Waals surface area contributed by atoms with Crippen molar-refractivity contribution in [2.24, 2.45) is 11.8 Å². The zero-order valence-corrected chi connectivity index (χ0v) is 14.1. The van der Waals surface area contributed by atoms with Gasteiger partial charge < -0.3 is 0 Å². The third-order valence-corrected chi connectivity index (χ3v) is 6.40. The van der Waals surface area contributed by atoms with E-state index in [1.165, 1.54) is 12.3 Å². The van der Waals surface area contributed by atoms with Crippen molar-refractivity contribution in [3.8, 4) is 0 Å². The van der Waals surface area contributed by atoms with Crippen LogP contribution in [0.2, 0.25) is 5.15 Å². The molecule has 3 rings (SSSR count). The smallest absolute Gasteiger partial charge is 0.242 e. The highest BCUT2D eigenvalue weighted by atomic mass is 79.9. The van der Waals surface area contributed by atoms with Gasteiger partial charge in [-0.15, -0.1) is 0 Å². The highest BCUT2D eigenvalue weighted by Gasteiger charge is 2.36. The van der Waals surface area contributed by atoms with Gasteiger partial charge in [0.25, 0.3) is 0 Å². The van der Waals surface area contributed by atoms with Gasteiger partial charge in [0, 0.05) is 23.8 Å². The van der Waals surface area contributed by atoms with Crippen LogP contribution in [-0.2, 0) is 10.0 Å². The molecule has 0 saturated heterocycles. The predicted molar refractivity (Wildman–Crippen MR) is 81.2 cm³/mol. The third kappa shape index (κ3) is 3.35. The molecule has 4 nitrogen and oxygen atoms in total. The van der Waals surface area contributed by atoms with Gasteiger partial charge >= 0.3 is 0 Å². The lowest BCUT2D eigenvalue weighted by molar-refractivity contribution is 0.382. The molecule has 0 unspecified atom stereocenters. The maximum absolute atomic E-state index is 12.8. The third-order valence-electron chi connectivity index (χ3n) is 3.71. The second kappa shape index (κ2) is 5.55. The molecule has 0 bridgehead atoms. The minimum atomic E-state index is -3.56. The van der Waals surface area contributed by atoms with Gasteiger partial charge in [0.2, 0.25) is 10.0 Å². The molecule has 2 aliphatic carbocycles. The molecule has 0 amide bonds. The van der Waals surface area contributed by atoms with Gasteiger partial charge in [-0.3, -0.25) is 0 Å². The van der Waals surface area contributed by atoms with Crippen LogP contribution >= 0.6 is 27.5 Å². The number of halogens is 2. The second-order valence-corrected chi connectivity index (χ2v) is 8.83. The summed E-state index contributed by atoms with van der Waals surface area (Å²) in [4.78, 5) is 4.04. The van der Waals surface area contributed by atoms with Crippen LogP contribution in [-0.4, -0.2) is 30.8 Å². The molecular weight excluding hydrogens is 364 g/mol. The fraction of sp³-hybridized carbons (Fsp3) is 0.615. The van der Waals surface area contributed by atoms with Crippen molar-refractivity contribution in [3.63, 3.8) is 0 Å². The monoisotopic (exact) mass is 378 g/mol. The quantitative estimate of drug-likeness (QED) is 0.713. The molecule has 0 atom stereocenters. The molecule has 2 saturated carbocycles. The Morgan fingerprint density at radius 1 is 1.25 bits per heavy atom. The predicted octanol–water partition coefficient (Wildman–Crippen LogP) is 3.31. The van der Waals surface area contributed by atoms with Crippen LogP contribution in [0.1, 0.15) is 25.7 Å². The van der Waals surface area contributed by atoms with Gasteiger partial charge in [-0.1, -0.05) is 11.6 Å². The number of pyridine rings is 1. The van der Waals surface area contributed by atoms with Gasteiger partial charge in [0.15, 0.2) is 0 Å². The minimum Gasteiger partial charge on any atom is -0.242 e. The van der Waals surface area contributed by atoms with E-state index in [9.17, 15) is 8.42 Å². The van der Waals surface area contributed by atoms with Crippen LogP contribution < -0.4 is 0 Å². The average molecular weight is 380 g/mol. The summed E-state index contributed by atoms with van der Waals surface area (Å²) in [5.74, 6) is 1.03. The Kier molecular flexibility index (Phi) is 4.10. The first-order valence-corrected chi connectivity index (χ1v) is 9.39. The van der Waals surface area contributed by atoms with E-state index in [2.05, 4.69) is 20.9 Å². The van der Waals surface area contributed by atoms with Gasteiger partial charge in [-0.05, 0) is 59.5 Å². The molecule has 7 heteroatoms. The second-order valence-electron chi connectivity index (χ2n) is 5.65. The maximum Gasteiger partial charge on any atom is 0.246 e. The summed E-state index contributed by atoms with van der Waals surface area (Å²) in [6, 6.07) is 1.54. The summed E-state index contributed by atoms with van der Waals surface area (Å²) in [5.41, 5.74) is 0. The molecule has 1 heterocycles. The summed E-state index contributed by atoms with van der Waals surface area (Å²) in [7, 11) is -3.56. The van der Waals surface area contributed by atoms with Crippen molar-refractivity contribution in [1.82, 2.24) is 9.29 Å². The Labute approximate surface area is 132 Å². The number of sulfonamides is 1. The number of aromatic nitrogens is 1. The average Bonchev–Trinajstić information content (AvgIpc) is 3.25. The molecule has 1 aromatic heterocycles. The highest BCUT2D eigenvalue weighted by molar-refractivity contribution is 9.10. The minimum absolute atomic E-state index is 0.0461. The largest absolute Gasteiger partial charge is 0.246 e. The van der Waals surface area contributed by atoms with Gasteiger partial charge in [-0.2, -0.15) is 4.31 Å². The Morgan fingerprint density at radius 2 is 1.80 bits per heavy atom. The summed E-state index contributed by atoms with van der Waals surface area (Å²) in [6.45, 7) is 1.23. The van der Waals surface area contributed by atoms with E-state index < -0.39 is 10.0 Å². The van der Waals surface area contributed by atoms with E-state index in [0.29, 0.717) is 29.4 Å². The Morgan fingerprint density at radius 3 is 2.30 bits per heavy atom. The molecular formula is C13H16BrClN2O2S. The molecule has 0 aliphatic heterocycles. The number of hydrogen-bond acceptors (Lipinski definition) is 3. The van der Waals surface area contributed by atoms with Crippen molar-refractivity contribution in [2.45, 2.75) is 30.6 Å². The highest BCUT2D eigenvalue weighted by Crippen LogP contribution is 2.37. The van der Waals surface area contributed by atoms with E-state index in [1.54, 1.807) is 4.31 Å².